The summed E-state index contributed by atoms with van der Waals surface area (Å²) < 4.78 is 27.8. The first kappa shape index (κ1) is 25.4. The van der Waals surface area contributed by atoms with E-state index in [4.69, 9.17) is 0 Å². The summed E-state index contributed by atoms with van der Waals surface area (Å²) in [5, 5.41) is 3.01. The number of carbonyl (C=O) groups is 2. The molecule has 2 aliphatic heterocycles. The Morgan fingerprint density at radius 3 is 1.94 bits per heavy atom. The average Bonchev–Trinajstić information content (AvgIpc) is 2.88. The number of hydrogen-bond donors (Lipinski definition) is 1. The normalized spacial score (nSPS) is 18.7. The molecular weight excluding hydrogens is 462 g/mol. The van der Waals surface area contributed by atoms with Crippen LogP contribution >= 0.6 is 0 Å². The highest BCUT2D eigenvalue weighted by molar-refractivity contribution is 7.89. The van der Waals surface area contributed by atoms with Crippen molar-refractivity contribution < 1.29 is 18.0 Å². The van der Waals surface area contributed by atoms with Crippen LogP contribution in [0.4, 0.5) is 0 Å². The number of rotatable bonds is 6. The van der Waals surface area contributed by atoms with Crippen LogP contribution in [0.3, 0.4) is 0 Å². The maximum Gasteiger partial charge on any atom is 0.251 e. The molecule has 2 fully saturated rings. The summed E-state index contributed by atoms with van der Waals surface area (Å²) in [5.41, 5.74) is 2.59. The lowest BCUT2D eigenvalue weighted by Crippen LogP contribution is -2.55. The molecule has 2 aromatic carbocycles. The molecule has 0 radical (unpaired) electrons. The minimum atomic E-state index is -3.59. The summed E-state index contributed by atoms with van der Waals surface area (Å²) in [6, 6.07) is 13.5. The first-order chi connectivity index (χ1) is 16.8. The Morgan fingerprint density at radius 2 is 1.37 bits per heavy atom. The van der Waals surface area contributed by atoms with Gasteiger partial charge in [-0.2, -0.15) is 4.31 Å². The van der Waals surface area contributed by atoms with E-state index < -0.39 is 16.1 Å². The molecule has 8 heteroatoms. The Hall–Kier alpha value is -2.71. The van der Waals surface area contributed by atoms with Gasteiger partial charge in [0, 0.05) is 31.7 Å². The van der Waals surface area contributed by atoms with Gasteiger partial charge in [-0.25, -0.2) is 8.42 Å². The third-order valence-electron chi connectivity index (χ3n) is 7.16. The Bertz CT molecular complexity index is 1130. The van der Waals surface area contributed by atoms with E-state index in [9.17, 15) is 18.0 Å². The van der Waals surface area contributed by atoms with E-state index in [2.05, 4.69) is 5.32 Å². The van der Waals surface area contributed by atoms with Crippen LogP contribution < -0.4 is 5.32 Å². The molecular formula is C27H35N3O4S. The second-order valence-corrected chi connectivity index (χ2v) is 11.7. The van der Waals surface area contributed by atoms with Gasteiger partial charge in [-0.15, -0.1) is 0 Å². The highest BCUT2D eigenvalue weighted by Gasteiger charge is 2.38. The largest absolute Gasteiger partial charge is 0.341 e. The fraction of sp³-hybridized carbons (Fsp3) is 0.481. The lowest BCUT2D eigenvalue weighted by atomic mass is 9.88. The van der Waals surface area contributed by atoms with Crippen LogP contribution in [0.5, 0.6) is 0 Å². The molecule has 2 amide bonds. The predicted molar refractivity (Wildman–Crippen MR) is 136 cm³/mol. The Labute approximate surface area is 208 Å². The van der Waals surface area contributed by atoms with Gasteiger partial charge >= 0.3 is 0 Å². The summed E-state index contributed by atoms with van der Waals surface area (Å²) >= 11 is 0. The van der Waals surface area contributed by atoms with E-state index >= 15 is 0 Å². The fourth-order valence-corrected chi connectivity index (χ4v) is 6.40. The number of amides is 2. The molecule has 0 aromatic heterocycles. The highest BCUT2D eigenvalue weighted by atomic mass is 32.2. The molecule has 7 nitrogen and oxygen atoms in total. The minimum absolute atomic E-state index is 0.0509. The number of carbonyl (C=O) groups excluding carboxylic acids is 2. The summed E-state index contributed by atoms with van der Waals surface area (Å²) in [6.07, 6.45) is 4.08. The van der Waals surface area contributed by atoms with Crippen molar-refractivity contribution in [2.24, 2.45) is 5.92 Å². The molecule has 1 N–H and O–H groups in total. The molecule has 2 aromatic rings. The van der Waals surface area contributed by atoms with E-state index in [-0.39, 0.29) is 22.6 Å². The quantitative estimate of drug-likeness (QED) is 0.662. The molecule has 0 aliphatic carbocycles. The fourth-order valence-electron chi connectivity index (χ4n) is 4.93. The van der Waals surface area contributed by atoms with Gasteiger partial charge in [0.15, 0.2) is 0 Å². The van der Waals surface area contributed by atoms with Crippen molar-refractivity contribution in [2.75, 3.05) is 26.2 Å². The van der Waals surface area contributed by atoms with Crippen LogP contribution in [0.15, 0.2) is 53.4 Å². The molecule has 0 saturated carbocycles. The third kappa shape index (κ3) is 5.93. The zero-order chi connectivity index (χ0) is 25.0. The highest BCUT2D eigenvalue weighted by Crippen LogP contribution is 2.27. The first-order valence-corrected chi connectivity index (χ1v) is 13.9. The molecule has 35 heavy (non-hydrogen) atoms. The molecule has 0 unspecified atom stereocenters. The van der Waals surface area contributed by atoms with Crippen molar-refractivity contribution in [1.29, 1.82) is 0 Å². The Morgan fingerprint density at radius 1 is 0.829 bits per heavy atom. The smallest absolute Gasteiger partial charge is 0.251 e. The van der Waals surface area contributed by atoms with Crippen LogP contribution in [0.1, 0.15) is 53.6 Å². The number of nitrogens with zero attached hydrogens (tertiary/aromatic N) is 2. The van der Waals surface area contributed by atoms with Gasteiger partial charge in [0.2, 0.25) is 15.9 Å². The van der Waals surface area contributed by atoms with Gasteiger partial charge in [0.1, 0.15) is 6.04 Å². The SMILES string of the molecule is Cc1ccc(C(=O)N[C@H](C(=O)N2CCCCC2)C2CCN(S(=O)(=O)c3ccc(C)cc3)CC2)cc1. The zero-order valence-corrected chi connectivity index (χ0v) is 21.4. The molecule has 2 saturated heterocycles. The van der Waals surface area contributed by atoms with Crippen molar-refractivity contribution in [1.82, 2.24) is 14.5 Å². The number of aryl methyl sites for hydroxylation is 2. The van der Waals surface area contributed by atoms with Gasteiger partial charge in [0.05, 0.1) is 4.90 Å². The summed E-state index contributed by atoms with van der Waals surface area (Å²) in [5.74, 6) is -0.441. The number of nitrogens with one attached hydrogen (secondary N) is 1. The molecule has 1 atom stereocenters. The second-order valence-electron chi connectivity index (χ2n) is 9.76. The number of likely N-dealkylation sites (tertiary alicyclic amines) is 1. The van der Waals surface area contributed by atoms with Gasteiger partial charge < -0.3 is 10.2 Å². The lowest BCUT2D eigenvalue weighted by Gasteiger charge is -2.38. The van der Waals surface area contributed by atoms with Crippen LogP contribution in [-0.4, -0.2) is 61.7 Å². The van der Waals surface area contributed by atoms with E-state index in [0.717, 1.165) is 30.4 Å². The average molecular weight is 498 g/mol. The molecule has 2 aliphatic rings. The van der Waals surface area contributed by atoms with Gasteiger partial charge in [-0.3, -0.25) is 9.59 Å². The van der Waals surface area contributed by atoms with Crippen LogP contribution in [0.2, 0.25) is 0 Å². The maximum absolute atomic E-state index is 13.5. The first-order valence-electron chi connectivity index (χ1n) is 12.5. The van der Waals surface area contributed by atoms with Crippen LogP contribution in [-0.2, 0) is 14.8 Å². The van der Waals surface area contributed by atoms with Crippen molar-refractivity contribution >= 4 is 21.8 Å². The molecule has 2 heterocycles. The molecule has 0 spiro atoms. The minimum Gasteiger partial charge on any atom is -0.341 e. The number of sulfonamides is 1. The van der Waals surface area contributed by atoms with Crippen molar-refractivity contribution in [3.05, 3.63) is 65.2 Å². The van der Waals surface area contributed by atoms with Gasteiger partial charge in [-0.05, 0) is 76.1 Å². The summed E-state index contributed by atoms with van der Waals surface area (Å²) in [7, 11) is -3.59. The molecule has 188 valence electrons. The zero-order valence-electron chi connectivity index (χ0n) is 20.6. The van der Waals surface area contributed by atoms with E-state index in [0.29, 0.717) is 44.6 Å². The van der Waals surface area contributed by atoms with E-state index in [1.807, 2.05) is 30.9 Å². The standard InChI is InChI=1S/C27H35N3O4S/c1-20-6-10-23(11-7-20)26(31)28-25(27(32)29-16-4-3-5-17-29)22-14-18-30(19-15-22)35(33,34)24-12-8-21(2)9-13-24/h6-13,22,25H,3-5,14-19H2,1-2H3,(H,28,31)/t25-/m0/s1. The van der Waals surface area contributed by atoms with E-state index in [1.165, 1.54) is 4.31 Å². The van der Waals surface area contributed by atoms with Gasteiger partial charge in [0.25, 0.3) is 5.91 Å². The third-order valence-corrected chi connectivity index (χ3v) is 9.08. The van der Waals surface area contributed by atoms with Crippen LogP contribution in [0.25, 0.3) is 0 Å². The Kier molecular flexibility index (Phi) is 7.91. The number of hydrogen-bond acceptors (Lipinski definition) is 4. The van der Waals surface area contributed by atoms with Gasteiger partial charge in [-0.1, -0.05) is 35.4 Å². The predicted octanol–water partition coefficient (Wildman–Crippen LogP) is 3.52. The lowest BCUT2D eigenvalue weighted by molar-refractivity contribution is -0.135. The van der Waals surface area contributed by atoms with Crippen molar-refractivity contribution in [3.8, 4) is 0 Å². The monoisotopic (exact) mass is 497 g/mol. The summed E-state index contributed by atoms with van der Waals surface area (Å²) in [4.78, 5) is 28.7. The molecule has 0 bridgehead atoms. The second kappa shape index (κ2) is 10.9. The topological polar surface area (TPSA) is 86.8 Å². The van der Waals surface area contributed by atoms with Crippen molar-refractivity contribution in [3.63, 3.8) is 0 Å². The summed E-state index contributed by atoms with van der Waals surface area (Å²) in [6.45, 7) is 5.94. The Balaban J connectivity index is 1.49. The van der Waals surface area contributed by atoms with E-state index in [1.54, 1.807) is 36.4 Å². The maximum atomic E-state index is 13.5. The van der Waals surface area contributed by atoms with Crippen molar-refractivity contribution in [2.45, 2.75) is 56.9 Å². The molecule has 4 rings (SSSR count). The van der Waals surface area contributed by atoms with Crippen LogP contribution in [0, 0.1) is 19.8 Å². The number of piperidine rings is 2. The number of benzene rings is 2.